The van der Waals surface area contributed by atoms with Crippen molar-refractivity contribution in [1.82, 2.24) is 15.1 Å². The van der Waals surface area contributed by atoms with Crippen molar-refractivity contribution in [2.24, 2.45) is 18.9 Å². The van der Waals surface area contributed by atoms with Crippen LogP contribution in [-0.4, -0.2) is 29.9 Å². The smallest absolute Gasteiger partial charge is 0.131 e. The number of aromatic nitrogens is 2. The monoisotopic (exact) mass is 278 g/mol. The normalized spacial score (nSPS) is 15.7. The summed E-state index contributed by atoms with van der Waals surface area (Å²) < 4.78 is 2.04. The Kier molecular flexibility index (Phi) is 5.08. The van der Waals surface area contributed by atoms with E-state index in [1.54, 1.807) is 0 Å². The molecule has 1 aliphatic rings. The minimum absolute atomic E-state index is 0.683. The summed E-state index contributed by atoms with van der Waals surface area (Å²) in [6.45, 7) is 9.74. The Bertz CT molecular complexity index is 432. The average Bonchev–Trinajstić information content (AvgIpc) is 2.58. The molecular formula is C16H30N4. The van der Waals surface area contributed by atoms with Crippen LogP contribution < -0.4 is 10.2 Å². The molecule has 0 saturated heterocycles. The lowest BCUT2D eigenvalue weighted by Crippen LogP contribution is -2.31. The largest absolute Gasteiger partial charge is 0.359 e. The number of aryl methyl sites for hydroxylation is 2. The highest BCUT2D eigenvalue weighted by atomic mass is 15.4. The van der Waals surface area contributed by atoms with Gasteiger partial charge in [-0.15, -0.1) is 0 Å². The van der Waals surface area contributed by atoms with E-state index in [1.165, 1.54) is 30.6 Å². The molecule has 0 aromatic carbocycles. The van der Waals surface area contributed by atoms with E-state index in [-0.39, 0.29) is 0 Å². The highest BCUT2D eigenvalue weighted by Crippen LogP contribution is 2.30. The van der Waals surface area contributed by atoms with E-state index >= 15 is 0 Å². The fourth-order valence-electron chi connectivity index (χ4n) is 3.01. The Balaban J connectivity index is 2.05. The van der Waals surface area contributed by atoms with Crippen LogP contribution in [0.15, 0.2) is 0 Å². The predicted octanol–water partition coefficient (Wildman–Crippen LogP) is 2.71. The fraction of sp³-hybridized carbons (Fsp3) is 0.812. The zero-order valence-corrected chi connectivity index (χ0v) is 13.7. The minimum atomic E-state index is 0.683. The van der Waals surface area contributed by atoms with Gasteiger partial charge in [0.05, 0.1) is 5.69 Å². The summed E-state index contributed by atoms with van der Waals surface area (Å²) in [6.07, 6.45) is 4.19. The lowest BCUT2D eigenvalue weighted by Gasteiger charge is -2.31. The molecule has 0 spiro atoms. The second-order valence-corrected chi connectivity index (χ2v) is 6.71. The van der Waals surface area contributed by atoms with Crippen LogP contribution in [0.2, 0.25) is 0 Å². The quantitative estimate of drug-likeness (QED) is 0.832. The molecule has 1 heterocycles. The molecule has 1 N–H and O–H groups in total. The molecule has 1 saturated carbocycles. The molecule has 1 fully saturated rings. The number of nitrogens with zero attached hydrogens (tertiary/aromatic N) is 3. The van der Waals surface area contributed by atoms with Crippen molar-refractivity contribution in [2.75, 3.05) is 25.0 Å². The van der Waals surface area contributed by atoms with Crippen molar-refractivity contribution in [2.45, 2.75) is 46.6 Å². The highest BCUT2D eigenvalue weighted by molar-refractivity contribution is 5.49. The first-order valence-electron chi connectivity index (χ1n) is 7.93. The third-order valence-electron chi connectivity index (χ3n) is 4.29. The third-order valence-corrected chi connectivity index (χ3v) is 4.29. The van der Waals surface area contributed by atoms with Gasteiger partial charge in [-0.25, -0.2) is 0 Å². The van der Waals surface area contributed by atoms with E-state index in [2.05, 4.69) is 50.2 Å². The fourth-order valence-corrected chi connectivity index (χ4v) is 3.01. The first-order valence-corrected chi connectivity index (χ1v) is 7.93. The van der Waals surface area contributed by atoms with E-state index in [9.17, 15) is 0 Å². The molecule has 0 aliphatic heterocycles. The van der Waals surface area contributed by atoms with Gasteiger partial charge in [0, 0.05) is 32.7 Å². The molecule has 2 rings (SSSR count). The Morgan fingerprint density at radius 2 is 2.10 bits per heavy atom. The van der Waals surface area contributed by atoms with Gasteiger partial charge >= 0.3 is 0 Å². The summed E-state index contributed by atoms with van der Waals surface area (Å²) in [5, 5.41) is 8.17. The highest BCUT2D eigenvalue weighted by Gasteiger charge is 2.23. The third kappa shape index (κ3) is 3.54. The number of rotatable bonds is 7. The van der Waals surface area contributed by atoms with Gasteiger partial charge < -0.3 is 10.2 Å². The van der Waals surface area contributed by atoms with Gasteiger partial charge in [-0.1, -0.05) is 20.3 Å². The van der Waals surface area contributed by atoms with Crippen molar-refractivity contribution in [1.29, 1.82) is 0 Å². The van der Waals surface area contributed by atoms with Crippen molar-refractivity contribution >= 4 is 5.82 Å². The van der Waals surface area contributed by atoms with E-state index in [4.69, 9.17) is 0 Å². The molecule has 0 radical (unpaired) electrons. The molecule has 0 atom stereocenters. The number of hydrogen-bond donors (Lipinski definition) is 1. The zero-order valence-electron chi connectivity index (χ0n) is 13.7. The summed E-state index contributed by atoms with van der Waals surface area (Å²) in [4.78, 5) is 2.40. The molecule has 0 bridgehead atoms. The van der Waals surface area contributed by atoms with Crippen molar-refractivity contribution in [3.8, 4) is 0 Å². The van der Waals surface area contributed by atoms with Crippen LogP contribution in [-0.2, 0) is 13.6 Å². The van der Waals surface area contributed by atoms with E-state index < -0.39 is 0 Å². The molecule has 1 aromatic heterocycles. The van der Waals surface area contributed by atoms with Crippen LogP contribution in [0, 0.1) is 18.8 Å². The van der Waals surface area contributed by atoms with Gasteiger partial charge in [0.1, 0.15) is 5.82 Å². The molecule has 4 nitrogen and oxygen atoms in total. The van der Waals surface area contributed by atoms with Gasteiger partial charge in [-0.05, 0) is 38.1 Å². The lowest BCUT2D eigenvalue weighted by molar-refractivity contribution is 0.320. The summed E-state index contributed by atoms with van der Waals surface area (Å²) in [5.74, 6) is 2.85. The van der Waals surface area contributed by atoms with E-state index in [0.717, 1.165) is 31.2 Å². The SMILES string of the molecule is Cc1nn(C)c(N(C)CC2CCC2)c1CNCC(C)C. The molecule has 20 heavy (non-hydrogen) atoms. The topological polar surface area (TPSA) is 33.1 Å². The average molecular weight is 278 g/mol. The second kappa shape index (κ2) is 6.61. The lowest BCUT2D eigenvalue weighted by atomic mass is 9.85. The zero-order chi connectivity index (χ0) is 14.7. The van der Waals surface area contributed by atoms with Gasteiger partial charge in [-0.2, -0.15) is 5.10 Å². The van der Waals surface area contributed by atoms with Gasteiger partial charge in [0.15, 0.2) is 0 Å². The van der Waals surface area contributed by atoms with Crippen LogP contribution in [0.4, 0.5) is 5.82 Å². The maximum atomic E-state index is 4.62. The second-order valence-electron chi connectivity index (χ2n) is 6.71. The van der Waals surface area contributed by atoms with Crippen LogP contribution >= 0.6 is 0 Å². The van der Waals surface area contributed by atoms with E-state index in [1.807, 2.05) is 4.68 Å². The van der Waals surface area contributed by atoms with Crippen molar-refractivity contribution in [3.05, 3.63) is 11.3 Å². The molecule has 114 valence electrons. The van der Waals surface area contributed by atoms with Crippen molar-refractivity contribution in [3.63, 3.8) is 0 Å². The van der Waals surface area contributed by atoms with Crippen LogP contribution in [0.25, 0.3) is 0 Å². The first-order chi connectivity index (χ1) is 9.49. The Morgan fingerprint density at radius 1 is 1.40 bits per heavy atom. The molecule has 4 heteroatoms. The van der Waals surface area contributed by atoms with Gasteiger partial charge in [0.2, 0.25) is 0 Å². The number of nitrogens with one attached hydrogen (secondary N) is 1. The summed E-state index contributed by atoms with van der Waals surface area (Å²) >= 11 is 0. The maximum absolute atomic E-state index is 4.62. The van der Waals surface area contributed by atoms with Gasteiger partial charge in [-0.3, -0.25) is 4.68 Å². The minimum Gasteiger partial charge on any atom is -0.359 e. The Labute approximate surface area is 123 Å². The number of anilines is 1. The Morgan fingerprint density at radius 3 is 2.65 bits per heavy atom. The predicted molar refractivity (Wildman–Crippen MR) is 85.1 cm³/mol. The number of hydrogen-bond acceptors (Lipinski definition) is 3. The molecule has 1 aliphatic carbocycles. The standard InChI is InChI=1S/C16H30N4/c1-12(2)9-17-10-15-13(3)18-20(5)16(15)19(4)11-14-7-6-8-14/h12,14,17H,6-11H2,1-5H3. The first kappa shape index (κ1) is 15.4. The molecule has 1 aromatic rings. The van der Waals surface area contributed by atoms with Crippen LogP contribution in [0.3, 0.4) is 0 Å². The Hall–Kier alpha value is -1.03. The van der Waals surface area contributed by atoms with Crippen LogP contribution in [0.5, 0.6) is 0 Å². The van der Waals surface area contributed by atoms with Crippen molar-refractivity contribution < 1.29 is 0 Å². The summed E-state index contributed by atoms with van der Waals surface area (Å²) in [7, 11) is 4.27. The molecular weight excluding hydrogens is 248 g/mol. The van der Waals surface area contributed by atoms with Gasteiger partial charge in [0.25, 0.3) is 0 Å². The summed E-state index contributed by atoms with van der Waals surface area (Å²) in [5.41, 5.74) is 2.51. The van der Waals surface area contributed by atoms with Crippen LogP contribution in [0.1, 0.15) is 44.4 Å². The maximum Gasteiger partial charge on any atom is 0.131 e. The summed E-state index contributed by atoms with van der Waals surface area (Å²) in [6, 6.07) is 0. The molecule has 0 amide bonds. The molecule has 0 unspecified atom stereocenters. The van der Waals surface area contributed by atoms with E-state index in [0.29, 0.717) is 5.92 Å².